The van der Waals surface area contributed by atoms with E-state index in [1.165, 1.54) is 16.6 Å². The highest BCUT2D eigenvalue weighted by molar-refractivity contribution is 7.89. The van der Waals surface area contributed by atoms with Crippen molar-refractivity contribution in [2.24, 2.45) is 11.8 Å². The number of pyridine rings is 1. The van der Waals surface area contributed by atoms with E-state index < -0.39 is 20.9 Å². The molecule has 1 aromatic rings. The standard InChI is InChI=1S/C13H19FN2O2S/c1-9-7-10(2)11(3)16(8-9)19(17,18)13-12(14)5-4-6-15-13/h4-6,9-11H,7-8H2,1-3H3. The summed E-state index contributed by atoms with van der Waals surface area (Å²) in [4.78, 5) is 3.71. The Kier molecular flexibility index (Phi) is 3.92. The normalized spacial score (nSPS) is 29.4. The maximum atomic E-state index is 13.7. The zero-order chi connectivity index (χ0) is 14.2. The molecule has 19 heavy (non-hydrogen) atoms. The van der Waals surface area contributed by atoms with Crippen LogP contribution in [0.15, 0.2) is 23.4 Å². The summed E-state index contributed by atoms with van der Waals surface area (Å²) in [6, 6.07) is 2.38. The quantitative estimate of drug-likeness (QED) is 0.838. The summed E-state index contributed by atoms with van der Waals surface area (Å²) in [6.07, 6.45) is 2.29. The summed E-state index contributed by atoms with van der Waals surface area (Å²) >= 11 is 0. The van der Waals surface area contributed by atoms with Crippen molar-refractivity contribution in [2.75, 3.05) is 6.54 Å². The number of hydrogen-bond donors (Lipinski definition) is 0. The lowest BCUT2D eigenvalue weighted by molar-refractivity contribution is 0.157. The van der Waals surface area contributed by atoms with Gasteiger partial charge in [0.15, 0.2) is 5.82 Å². The molecule has 0 aliphatic carbocycles. The van der Waals surface area contributed by atoms with E-state index in [9.17, 15) is 12.8 Å². The van der Waals surface area contributed by atoms with Gasteiger partial charge in [0.05, 0.1) is 0 Å². The molecule has 1 saturated heterocycles. The molecule has 6 heteroatoms. The summed E-state index contributed by atoms with van der Waals surface area (Å²) in [6.45, 7) is 6.33. The van der Waals surface area contributed by atoms with Crippen LogP contribution in [0.1, 0.15) is 27.2 Å². The lowest BCUT2D eigenvalue weighted by Crippen LogP contribution is -2.49. The molecule has 1 aliphatic heterocycles. The number of piperidine rings is 1. The van der Waals surface area contributed by atoms with Gasteiger partial charge in [-0.2, -0.15) is 4.31 Å². The van der Waals surface area contributed by atoms with Crippen molar-refractivity contribution in [2.45, 2.75) is 38.3 Å². The van der Waals surface area contributed by atoms with Crippen LogP contribution in [-0.2, 0) is 10.0 Å². The molecular weight excluding hydrogens is 267 g/mol. The Morgan fingerprint density at radius 3 is 2.68 bits per heavy atom. The number of nitrogens with zero attached hydrogens (tertiary/aromatic N) is 2. The van der Waals surface area contributed by atoms with Gasteiger partial charge in [0.25, 0.3) is 10.0 Å². The zero-order valence-corrected chi connectivity index (χ0v) is 12.2. The van der Waals surface area contributed by atoms with Gasteiger partial charge in [-0.25, -0.2) is 17.8 Å². The van der Waals surface area contributed by atoms with Crippen molar-refractivity contribution in [3.63, 3.8) is 0 Å². The van der Waals surface area contributed by atoms with Gasteiger partial charge in [-0.15, -0.1) is 0 Å². The Balaban J connectivity index is 2.42. The second kappa shape index (κ2) is 5.17. The first-order valence-corrected chi connectivity index (χ1v) is 7.90. The first-order valence-electron chi connectivity index (χ1n) is 6.46. The van der Waals surface area contributed by atoms with Crippen LogP contribution in [-0.4, -0.2) is 30.3 Å². The SMILES string of the molecule is CC1CC(C)C(C)N(S(=O)(=O)c2ncccc2F)C1. The van der Waals surface area contributed by atoms with Gasteiger partial charge in [-0.1, -0.05) is 13.8 Å². The highest BCUT2D eigenvalue weighted by Crippen LogP contribution is 2.31. The third kappa shape index (κ3) is 2.65. The van der Waals surface area contributed by atoms with E-state index >= 15 is 0 Å². The lowest BCUT2D eigenvalue weighted by atomic mass is 9.88. The van der Waals surface area contributed by atoms with E-state index in [1.807, 2.05) is 20.8 Å². The molecule has 3 atom stereocenters. The van der Waals surface area contributed by atoms with Crippen molar-refractivity contribution in [3.05, 3.63) is 24.1 Å². The van der Waals surface area contributed by atoms with E-state index in [4.69, 9.17) is 0 Å². The second-order valence-corrected chi connectivity index (χ2v) is 7.23. The van der Waals surface area contributed by atoms with E-state index in [2.05, 4.69) is 4.98 Å². The molecule has 0 N–H and O–H groups in total. The molecular formula is C13H19FN2O2S. The van der Waals surface area contributed by atoms with Crippen molar-refractivity contribution in [3.8, 4) is 0 Å². The Bertz CT molecular complexity index is 562. The average Bonchev–Trinajstić information content (AvgIpc) is 2.34. The van der Waals surface area contributed by atoms with Gasteiger partial charge >= 0.3 is 0 Å². The van der Waals surface area contributed by atoms with Crippen molar-refractivity contribution < 1.29 is 12.8 Å². The van der Waals surface area contributed by atoms with Crippen molar-refractivity contribution >= 4 is 10.0 Å². The van der Waals surface area contributed by atoms with Crippen LogP contribution in [0.3, 0.4) is 0 Å². The minimum Gasteiger partial charge on any atom is -0.241 e. The fourth-order valence-electron chi connectivity index (χ4n) is 2.65. The summed E-state index contributed by atoms with van der Waals surface area (Å²) in [7, 11) is -3.86. The maximum Gasteiger partial charge on any atom is 0.263 e. The molecule has 106 valence electrons. The highest BCUT2D eigenvalue weighted by Gasteiger charge is 2.38. The van der Waals surface area contributed by atoms with E-state index in [1.54, 1.807) is 0 Å². The Morgan fingerprint density at radius 2 is 2.05 bits per heavy atom. The number of rotatable bonds is 2. The van der Waals surface area contributed by atoms with Crippen LogP contribution >= 0.6 is 0 Å². The molecule has 0 spiro atoms. The largest absolute Gasteiger partial charge is 0.263 e. The fourth-order valence-corrected chi connectivity index (χ4v) is 4.48. The molecule has 1 fully saturated rings. The molecule has 0 saturated carbocycles. The van der Waals surface area contributed by atoms with Gasteiger partial charge in [-0.3, -0.25) is 0 Å². The van der Waals surface area contributed by atoms with Crippen LogP contribution in [0.2, 0.25) is 0 Å². The number of hydrogen-bond acceptors (Lipinski definition) is 3. The first kappa shape index (κ1) is 14.4. The Morgan fingerprint density at radius 1 is 1.37 bits per heavy atom. The third-order valence-electron chi connectivity index (χ3n) is 3.82. The minimum absolute atomic E-state index is 0.136. The van der Waals surface area contributed by atoms with Gasteiger partial charge in [0, 0.05) is 18.8 Å². The summed E-state index contributed by atoms with van der Waals surface area (Å²) < 4.78 is 40.1. The number of halogens is 1. The molecule has 3 unspecified atom stereocenters. The third-order valence-corrected chi connectivity index (χ3v) is 5.71. The Labute approximate surface area is 113 Å². The van der Waals surface area contributed by atoms with Crippen LogP contribution in [0.5, 0.6) is 0 Å². The molecule has 1 aromatic heterocycles. The molecule has 4 nitrogen and oxygen atoms in total. The van der Waals surface area contributed by atoms with Gasteiger partial charge < -0.3 is 0 Å². The predicted octanol–water partition coefficient (Wildman–Crippen LogP) is 2.28. The summed E-state index contributed by atoms with van der Waals surface area (Å²) in [5.74, 6) is -0.265. The molecule has 1 aliphatic rings. The number of aromatic nitrogens is 1. The Hall–Kier alpha value is -1.01. The molecule has 0 bridgehead atoms. The molecule has 2 heterocycles. The summed E-state index contributed by atoms with van der Waals surface area (Å²) in [5.41, 5.74) is 0. The first-order chi connectivity index (χ1) is 8.84. The van der Waals surface area contributed by atoms with E-state index in [0.29, 0.717) is 6.54 Å². The minimum atomic E-state index is -3.86. The van der Waals surface area contributed by atoms with Gasteiger partial charge in [0.1, 0.15) is 0 Å². The highest BCUT2D eigenvalue weighted by atomic mass is 32.2. The number of sulfonamides is 1. The van der Waals surface area contributed by atoms with Crippen LogP contribution in [0.25, 0.3) is 0 Å². The van der Waals surface area contributed by atoms with Crippen LogP contribution in [0.4, 0.5) is 4.39 Å². The average molecular weight is 286 g/mol. The van der Waals surface area contributed by atoms with Crippen molar-refractivity contribution in [1.29, 1.82) is 0 Å². The molecule has 2 rings (SSSR count). The maximum absolute atomic E-state index is 13.7. The van der Waals surface area contributed by atoms with E-state index in [0.717, 1.165) is 12.5 Å². The second-order valence-electron chi connectivity index (χ2n) is 5.42. The summed E-state index contributed by atoms with van der Waals surface area (Å²) in [5, 5.41) is -0.469. The fraction of sp³-hybridized carbons (Fsp3) is 0.615. The predicted molar refractivity (Wildman–Crippen MR) is 70.5 cm³/mol. The molecule has 0 radical (unpaired) electrons. The van der Waals surface area contributed by atoms with Gasteiger partial charge in [-0.05, 0) is 37.3 Å². The topological polar surface area (TPSA) is 50.3 Å². The van der Waals surface area contributed by atoms with Crippen LogP contribution < -0.4 is 0 Å². The van der Waals surface area contributed by atoms with Crippen molar-refractivity contribution in [1.82, 2.24) is 9.29 Å². The monoisotopic (exact) mass is 286 g/mol. The molecule has 0 amide bonds. The lowest BCUT2D eigenvalue weighted by Gasteiger charge is -2.39. The van der Waals surface area contributed by atoms with Crippen LogP contribution in [0, 0.1) is 17.7 Å². The van der Waals surface area contributed by atoms with Gasteiger partial charge in [0.2, 0.25) is 5.03 Å². The zero-order valence-electron chi connectivity index (χ0n) is 11.4. The smallest absolute Gasteiger partial charge is 0.241 e. The van der Waals surface area contributed by atoms with E-state index in [-0.39, 0.29) is 17.9 Å². The molecule has 0 aromatic carbocycles.